The average molecular weight is 255 g/mol. The predicted octanol–water partition coefficient (Wildman–Crippen LogP) is 2.74. The first kappa shape index (κ1) is 14.1. The molecule has 0 radical (unpaired) electrons. The molecule has 1 N–H and O–H groups in total. The molecule has 0 spiro atoms. The summed E-state index contributed by atoms with van der Waals surface area (Å²) in [5, 5.41) is 3.37. The lowest BCUT2D eigenvalue weighted by Crippen LogP contribution is -2.17. The summed E-state index contributed by atoms with van der Waals surface area (Å²) in [7, 11) is 0. The number of nitrogens with zero attached hydrogens (tertiary/aromatic N) is 2. The zero-order chi connectivity index (χ0) is 12.7. The van der Waals surface area contributed by atoms with Gasteiger partial charge in [-0.2, -0.15) is 16.7 Å². The molecule has 0 saturated carbocycles. The SMILES string of the molecule is CCOc1cc(NC(C)CCSC)nc(C)n1. The fourth-order valence-corrected chi connectivity index (χ4v) is 2.04. The number of ether oxygens (including phenoxy) is 1. The predicted molar refractivity (Wildman–Crippen MR) is 74.0 cm³/mol. The summed E-state index contributed by atoms with van der Waals surface area (Å²) < 4.78 is 5.39. The Labute approximate surface area is 108 Å². The molecule has 1 aromatic heterocycles. The van der Waals surface area contributed by atoms with E-state index in [0.29, 0.717) is 18.5 Å². The number of rotatable bonds is 7. The van der Waals surface area contributed by atoms with E-state index in [1.165, 1.54) is 0 Å². The van der Waals surface area contributed by atoms with Crippen molar-refractivity contribution >= 4 is 17.6 Å². The molecule has 0 aliphatic heterocycles. The highest BCUT2D eigenvalue weighted by Gasteiger charge is 2.06. The molecule has 0 aliphatic rings. The Morgan fingerprint density at radius 2 is 2.24 bits per heavy atom. The normalized spacial score (nSPS) is 12.2. The van der Waals surface area contributed by atoms with Crippen molar-refractivity contribution in [1.82, 2.24) is 9.97 Å². The molecule has 17 heavy (non-hydrogen) atoms. The van der Waals surface area contributed by atoms with Gasteiger partial charge < -0.3 is 10.1 Å². The van der Waals surface area contributed by atoms with Gasteiger partial charge in [0.2, 0.25) is 5.88 Å². The van der Waals surface area contributed by atoms with Gasteiger partial charge in [0, 0.05) is 12.1 Å². The van der Waals surface area contributed by atoms with Crippen molar-refractivity contribution in [2.45, 2.75) is 33.2 Å². The number of anilines is 1. The second kappa shape index (κ2) is 7.37. The zero-order valence-electron chi connectivity index (χ0n) is 11.0. The molecular formula is C12H21N3OS. The monoisotopic (exact) mass is 255 g/mol. The minimum atomic E-state index is 0.409. The van der Waals surface area contributed by atoms with Gasteiger partial charge in [0.15, 0.2) is 0 Å². The summed E-state index contributed by atoms with van der Waals surface area (Å²) in [6, 6.07) is 2.26. The Balaban J connectivity index is 2.63. The van der Waals surface area contributed by atoms with Crippen molar-refractivity contribution in [2.75, 3.05) is 23.9 Å². The highest BCUT2D eigenvalue weighted by molar-refractivity contribution is 7.98. The Kier molecular flexibility index (Phi) is 6.11. The van der Waals surface area contributed by atoms with Gasteiger partial charge in [-0.15, -0.1) is 0 Å². The van der Waals surface area contributed by atoms with Crippen molar-refractivity contribution in [2.24, 2.45) is 0 Å². The molecule has 96 valence electrons. The van der Waals surface area contributed by atoms with Gasteiger partial charge in [0.25, 0.3) is 0 Å². The lowest BCUT2D eigenvalue weighted by Gasteiger charge is -2.14. The van der Waals surface area contributed by atoms with Crippen LogP contribution in [0.25, 0.3) is 0 Å². The van der Waals surface area contributed by atoms with Gasteiger partial charge in [-0.25, -0.2) is 4.98 Å². The number of aryl methyl sites for hydroxylation is 1. The van der Waals surface area contributed by atoms with E-state index in [-0.39, 0.29) is 0 Å². The highest BCUT2D eigenvalue weighted by Crippen LogP contribution is 2.15. The average Bonchev–Trinajstić information content (AvgIpc) is 2.26. The maximum atomic E-state index is 5.39. The second-order valence-corrected chi connectivity index (χ2v) is 4.88. The highest BCUT2D eigenvalue weighted by atomic mass is 32.2. The molecule has 0 aliphatic carbocycles. The second-order valence-electron chi connectivity index (χ2n) is 3.90. The summed E-state index contributed by atoms with van der Waals surface area (Å²) in [6.45, 7) is 6.61. The smallest absolute Gasteiger partial charge is 0.218 e. The van der Waals surface area contributed by atoms with E-state index >= 15 is 0 Å². The Bertz CT molecular complexity index is 347. The van der Waals surface area contributed by atoms with Gasteiger partial charge >= 0.3 is 0 Å². The van der Waals surface area contributed by atoms with Gasteiger partial charge in [0.1, 0.15) is 11.6 Å². The molecular weight excluding hydrogens is 234 g/mol. The molecule has 0 bridgehead atoms. The van der Waals surface area contributed by atoms with Crippen LogP contribution in [0.5, 0.6) is 5.88 Å². The van der Waals surface area contributed by atoms with Crippen molar-refractivity contribution in [3.63, 3.8) is 0 Å². The minimum Gasteiger partial charge on any atom is -0.478 e. The van der Waals surface area contributed by atoms with Gasteiger partial charge in [0.05, 0.1) is 6.61 Å². The van der Waals surface area contributed by atoms with Crippen LogP contribution in [0.4, 0.5) is 5.82 Å². The van der Waals surface area contributed by atoms with E-state index in [4.69, 9.17) is 4.74 Å². The van der Waals surface area contributed by atoms with Crippen molar-refractivity contribution in [1.29, 1.82) is 0 Å². The minimum absolute atomic E-state index is 0.409. The van der Waals surface area contributed by atoms with Crippen LogP contribution in [0.2, 0.25) is 0 Å². The standard InChI is InChI=1S/C12H21N3OS/c1-5-16-12-8-11(14-10(3)15-12)13-9(2)6-7-17-4/h8-9H,5-7H2,1-4H3,(H,13,14,15). The van der Waals surface area contributed by atoms with Gasteiger partial charge in [-0.3, -0.25) is 0 Å². The number of hydrogen-bond donors (Lipinski definition) is 1. The number of thioether (sulfide) groups is 1. The van der Waals surface area contributed by atoms with Crippen LogP contribution in [0.15, 0.2) is 6.07 Å². The maximum absolute atomic E-state index is 5.39. The van der Waals surface area contributed by atoms with Crippen LogP contribution in [-0.2, 0) is 0 Å². The van der Waals surface area contributed by atoms with Crippen LogP contribution in [0.3, 0.4) is 0 Å². The van der Waals surface area contributed by atoms with Crippen molar-refractivity contribution < 1.29 is 4.74 Å². The molecule has 0 amide bonds. The number of aromatic nitrogens is 2. The fourth-order valence-electron chi connectivity index (χ4n) is 1.46. The molecule has 0 aromatic carbocycles. The quantitative estimate of drug-likeness (QED) is 0.811. The molecule has 1 heterocycles. The number of hydrogen-bond acceptors (Lipinski definition) is 5. The van der Waals surface area contributed by atoms with E-state index in [1.807, 2.05) is 31.7 Å². The largest absolute Gasteiger partial charge is 0.478 e. The van der Waals surface area contributed by atoms with E-state index in [2.05, 4.69) is 28.5 Å². The molecule has 0 fully saturated rings. The first-order valence-electron chi connectivity index (χ1n) is 5.89. The lowest BCUT2D eigenvalue weighted by molar-refractivity contribution is 0.325. The van der Waals surface area contributed by atoms with Gasteiger partial charge in [-0.05, 0) is 39.2 Å². The molecule has 1 aromatic rings. The molecule has 5 heteroatoms. The van der Waals surface area contributed by atoms with Crippen LogP contribution >= 0.6 is 11.8 Å². The fraction of sp³-hybridized carbons (Fsp3) is 0.667. The topological polar surface area (TPSA) is 47.0 Å². The van der Waals surface area contributed by atoms with Crippen LogP contribution in [-0.4, -0.2) is 34.6 Å². The zero-order valence-corrected chi connectivity index (χ0v) is 11.8. The van der Waals surface area contributed by atoms with E-state index < -0.39 is 0 Å². The van der Waals surface area contributed by atoms with Crippen LogP contribution < -0.4 is 10.1 Å². The summed E-state index contributed by atoms with van der Waals surface area (Å²) in [5.74, 6) is 3.36. The summed E-state index contributed by atoms with van der Waals surface area (Å²) in [5.41, 5.74) is 0. The van der Waals surface area contributed by atoms with Crippen molar-refractivity contribution in [3.05, 3.63) is 11.9 Å². The first-order valence-corrected chi connectivity index (χ1v) is 7.29. The molecule has 1 rings (SSSR count). The van der Waals surface area contributed by atoms with Crippen LogP contribution in [0, 0.1) is 6.92 Å². The van der Waals surface area contributed by atoms with E-state index in [1.54, 1.807) is 0 Å². The van der Waals surface area contributed by atoms with Gasteiger partial charge in [-0.1, -0.05) is 0 Å². The molecule has 4 nitrogen and oxygen atoms in total. The third-order valence-corrected chi connectivity index (χ3v) is 2.90. The van der Waals surface area contributed by atoms with Crippen molar-refractivity contribution in [3.8, 4) is 5.88 Å². The Hall–Kier alpha value is -0.970. The molecule has 0 saturated heterocycles. The number of nitrogens with one attached hydrogen (secondary N) is 1. The Morgan fingerprint density at radius 3 is 2.88 bits per heavy atom. The molecule has 1 atom stereocenters. The third-order valence-electron chi connectivity index (χ3n) is 2.26. The van der Waals surface area contributed by atoms with Crippen LogP contribution in [0.1, 0.15) is 26.1 Å². The van der Waals surface area contributed by atoms with E-state index in [9.17, 15) is 0 Å². The molecule has 1 unspecified atom stereocenters. The first-order chi connectivity index (χ1) is 8.15. The third kappa shape index (κ3) is 5.26. The summed E-state index contributed by atoms with van der Waals surface area (Å²) in [4.78, 5) is 8.57. The summed E-state index contributed by atoms with van der Waals surface area (Å²) in [6.07, 6.45) is 3.24. The maximum Gasteiger partial charge on any atom is 0.218 e. The summed E-state index contributed by atoms with van der Waals surface area (Å²) >= 11 is 1.86. The lowest BCUT2D eigenvalue weighted by atomic mass is 10.2. The Morgan fingerprint density at radius 1 is 1.47 bits per heavy atom. The van der Waals surface area contributed by atoms with E-state index in [0.717, 1.165) is 23.8 Å².